The standard InChI is InChI=1S/C16H13BrF3N5O/c1-15(2,10-4-3-5-11(17)6-10)24-14-21-7-9(8-22-14)12-23-13(26-25-12)16(18,19)20/h3-8H,1-2H3,(H,21,22,24). The summed E-state index contributed by atoms with van der Waals surface area (Å²) in [5, 5.41) is 6.49. The molecule has 1 aromatic carbocycles. The molecule has 6 nitrogen and oxygen atoms in total. The van der Waals surface area contributed by atoms with E-state index in [9.17, 15) is 13.2 Å². The van der Waals surface area contributed by atoms with Crippen molar-refractivity contribution in [1.29, 1.82) is 0 Å². The average molecular weight is 428 g/mol. The van der Waals surface area contributed by atoms with E-state index in [-0.39, 0.29) is 11.4 Å². The first-order valence-corrected chi connectivity index (χ1v) is 8.22. The van der Waals surface area contributed by atoms with Crippen molar-refractivity contribution in [3.63, 3.8) is 0 Å². The number of aromatic nitrogens is 4. The van der Waals surface area contributed by atoms with E-state index in [1.54, 1.807) is 0 Å². The number of alkyl halides is 3. The second kappa shape index (κ2) is 6.67. The van der Waals surface area contributed by atoms with Gasteiger partial charge in [-0.3, -0.25) is 0 Å². The Kier molecular flexibility index (Phi) is 4.70. The topological polar surface area (TPSA) is 76.7 Å². The van der Waals surface area contributed by atoms with Gasteiger partial charge in [0.05, 0.1) is 11.1 Å². The van der Waals surface area contributed by atoms with E-state index in [2.05, 4.69) is 45.9 Å². The molecule has 0 saturated heterocycles. The molecule has 26 heavy (non-hydrogen) atoms. The third-order valence-electron chi connectivity index (χ3n) is 3.55. The molecule has 3 aromatic rings. The summed E-state index contributed by atoms with van der Waals surface area (Å²) in [5.74, 6) is -1.32. The summed E-state index contributed by atoms with van der Waals surface area (Å²) in [6.07, 6.45) is -2.03. The van der Waals surface area contributed by atoms with E-state index in [0.717, 1.165) is 10.0 Å². The van der Waals surface area contributed by atoms with Crippen LogP contribution in [0.5, 0.6) is 0 Å². The average Bonchev–Trinajstić information content (AvgIpc) is 3.05. The highest BCUT2D eigenvalue weighted by atomic mass is 79.9. The lowest BCUT2D eigenvalue weighted by molar-refractivity contribution is -0.159. The molecule has 0 bridgehead atoms. The molecule has 2 heterocycles. The van der Waals surface area contributed by atoms with Crippen molar-refractivity contribution >= 4 is 21.9 Å². The smallest absolute Gasteiger partial charge is 0.345 e. The molecule has 0 atom stereocenters. The van der Waals surface area contributed by atoms with Crippen molar-refractivity contribution in [2.75, 3.05) is 5.32 Å². The van der Waals surface area contributed by atoms with Crippen LogP contribution in [0, 0.1) is 0 Å². The molecule has 0 spiro atoms. The van der Waals surface area contributed by atoms with Gasteiger partial charge < -0.3 is 9.84 Å². The Balaban J connectivity index is 1.78. The maximum absolute atomic E-state index is 12.5. The van der Waals surface area contributed by atoms with Gasteiger partial charge in [-0.1, -0.05) is 33.2 Å². The van der Waals surface area contributed by atoms with Crippen molar-refractivity contribution in [1.82, 2.24) is 20.1 Å². The van der Waals surface area contributed by atoms with Gasteiger partial charge in [0.2, 0.25) is 11.8 Å². The lowest BCUT2D eigenvalue weighted by atomic mass is 9.95. The van der Waals surface area contributed by atoms with Crippen LogP contribution in [0.4, 0.5) is 19.1 Å². The van der Waals surface area contributed by atoms with Crippen LogP contribution in [0.15, 0.2) is 45.7 Å². The molecule has 0 amide bonds. The minimum absolute atomic E-state index is 0.218. The zero-order chi connectivity index (χ0) is 18.9. The molecular weight excluding hydrogens is 415 g/mol. The first-order chi connectivity index (χ1) is 12.1. The summed E-state index contributed by atoms with van der Waals surface area (Å²) in [5.41, 5.74) is 0.753. The van der Waals surface area contributed by atoms with Crippen molar-refractivity contribution in [3.05, 3.63) is 52.6 Å². The van der Waals surface area contributed by atoms with Crippen LogP contribution >= 0.6 is 15.9 Å². The SMILES string of the molecule is CC(C)(Nc1ncc(-c2noc(C(F)(F)F)n2)cn1)c1cccc(Br)c1. The number of nitrogens with zero attached hydrogens (tertiary/aromatic N) is 4. The summed E-state index contributed by atoms with van der Waals surface area (Å²) >= 11 is 3.43. The monoisotopic (exact) mass is 427 g/mol. The van der Waals surface area contributed by atoms with Crippen molar-refractivity contribution < 1.29 is 17.7 Å². The molecule has 0 unspecified atom stereocenters. The Morgan fingerprint density at radius 1 is 1.12 bits per heavy atom. The largest absolute Gasteiger partial charge is 0.471 e. The molecule has 2 aromatic heterocycles. The highest BCUT2D eigenvalue weighted by Gasteiger charge is 2.38. The van der Waals surface area contributed by atoms with Crippen LogP contribution in [-0.4, -0.2) is 20.1 Å². The molecule has 1 N–H and O–H groups in total. The first-order valence-electron chi connectivity index (χ1n) is 7.43. The highest BCUT2D eigenvalue weighted by molar-refractivity contribution is 9.10. The molecule has 0 aliphatic rings. The number of nitrogens with one attached hydrogen (secondary N) is 1. The zero-order valence-corrected chi connectivity index (χ0v) is 15.3. The van der Waals surface area contributed by atoms with Crippen LogP contribution in [0.2, 0.25) is 0 Å². The lowest BCUT2D eigenvalue weighted by Gasteiger charge is -2.27. The Morgan fingerprint density at radius 3 is 2.38 bits per heavy atom. The fraction of sp³-hybridized carbons (Fsp3) is 0.250. The molecular formula is C16H13BrF3N5O. The highest BCUT2D eigenvalue weighted by Crippen LogP contribution is 2.30. The van der Waals surface area contributed by atoms with Gasteiger partial charge in [0.15, 0.2) is 0 Å². The minimum Gasteiger partial charge on any atom is -0.345 e. The Morgan fingerprint density at radius 2 is 1.81 bits per heavy atom. The van der Waals surface area contributed by atoms with E-state index in [4.69, 9.17) is 0 Å². The molecule has 3 rings (SSSR count). The number of rotatable bonds is 4. The van der Waals surface area contributed by atoms with Crippen molar-refractivity contribution in [3.8, 4) is 11.4 Å². The second-order valence-electron chi connectivity index (χ2n) is 5.98. The van der Waals surface area contributed by atoms with Gasteiger partial charge >= 0.3 is 12.1 Å². The van der Waals surface area contributed by atoms with Crippen LogP contribution in [0.25, 0.3) is 11.4 Å². The number of hydrogen-bond donors (Lipinski definition) is 1. The van der Waals surface area contributed by atoms with Gasteiger partial charge in [-0.05, 0) is 31.5 Å². The Bertz CT molecular complexity index is 909. The van der Waals surface area contributed by atoms with E-state index >= 15 is 0 Å². The predicted molar refractivity (Wildman–Crippen MR) is 91.1 cm³/mol. The third-order valence-corrected chi connectivity index (χ3v) is 4.04. The van der Waals surface area contributed by atoms with Gasteiger partial charge in [-0.2, -0.15) is 18.2 Å². The summed E-state index contributed by atoms with van der Waals surface area (Å²) in [4.78, 5) is 11.6. The molecule has 0 aliphatic carbocycles. The molecule has 10 heteroatoms. The zero-order valence-electron chi connectivity index (χ0n) is 13.7. The maximum atomic E-state index is 12.5. The normalized spacial score (nSPS) is 12.2. The summed E-state index contributed by atoms with van der Waals surface area (Å²) in [7, 11) is 0. The van der Waals surface area contributed by atoms with Crippen LogP contribution in [-0.2, 0) is 11.7 Å². The Labute approximate surface area is 155 Å². The summed E-state index contributed by atoms with van der Waals surface area (Å²) in [6.45, 7) is 3.92. The van der Waals surface area contributed by atoms with E-state index in [1.807, 2.05) is 38.1 Å². The second-order valence-corrected chi connectivity index (χ2v) is 6.89. The fourth-order valence-electron chi connectivity index (χ4n) is 2.19. The van der Waals surface area contributed by atoms with E-state index in [1.165, 1.54) is 12.4 Å². The van der Waals surface area contributed by atoms with E-state index in [0.29, 0.717) is 5.95 Å². The molecule has 0 aliphatic heterocycles. The summed E-state index contributed by atoms with van der Waals surface area (Å²) < 4.78 is 42.7. The van der Waals surface area contributed by atoms with E-state index < -0.39 is 17.6 Å². The number of anilines is 1. The lowest BCUT2D eigenvalue weighted by Crippen LogP contribution is -2.29. The quantitative estimate of drug-likeness (QED) is 0.652. The fourth-order valence-corrected chi connectivity index (χ4v) is 2.59. The van der Waals surface area contributed by atoms with Crippen molar-refractivity contribution in [2.45, 2.75) is 25.6 Å². The molecule has 0 fully saturated rings. The van der Waals surface area contributed by atoms with Gasteiger partial charge in [-0.25, -0.2) is 9.97 Å². The van der Waals surface area contributed by atoms with Crippen LogP contribution in [0.1, 0.15) is 25.3 Å². The third kappa shape index (κ3) is 4.01. The van der Waals surface area contributed by atoms with Gasteiger partial charge in [0, 0.05) is 16.9 Å². The van der Waals surface area contributed by atoms with Gasteiger partial charge in [-0.15, -0.1) is 0 Å². The van der Waals surface area contributed by atoms with Crippen LogP contribution in [0.3, 0.4) is 0 Å². The van der Waals surface area contributed by atoms with Gasteiger partial charge in [0.25, 0.3) is 0 Å². The molecule has 0 saturated carbocycles. The number of benzene rings is 1. The molecule has 136 valence electrons. The van der Waals surface area contributed by atoms with Crippen LogP contribution < -0.4 is 5.32 Å². The number of hydrogen-bond acceptors (Lipinski definition) is 6. The van der Waals surface area contributed by atoms with Crippen molar-refractivity contribution in [2.24, 2.45) is 0 Å². The maximum Gasteiger partial charge on any atom is 0.471 e. The number of halogens is 4. The van der Waals surface area contributed by atoms with Gasteiger partial charge in [0.1, 0.15) is 0 Å². The summed E-state index contributed by atoms with van der Waals surface area (Å²) in [6, 6.07) is 7.77. The Hall–Kier alpha value is -2.49. The minimum atomic E-state index is -4.69. The first kappa shape index (κ1) is 18.3. The molecule has 0 radical (unpaired) electrons. The predicted octanol–water partition coefficient (Wildman–Crippen LogP) is 4.66.